The third-order valence-electron chi connectivity index (χ3n) is 4.07. The van der Waals surface area contributed by atoms with Crippen LogP contribution in [0.2, 0.25) is 5.02 Å². The number of nitrogens with zero attached hydrogens (tertiary/aromatic N) is 3. The van der Waals surface area contributed by atoms with Crippen LogP contribution < -0.4 is 0 Å². The van der Waals surface area contributed by atoms with Crippen LogP contribution in [0.25, 0.3) is 5.69 Å². The van der Waals surface area contributed by atoms with Crippen LogP contribution in [0.1, 0.15) is 17.0 Å². The lowest BCUT2D eigenvalue weighted by Crippen LogP contribution is -1.99. The lowest BCUT2D eigenvalue weighted by atomic mass is 10.2. The predicted octanol–water partition coefficient (Wildman–Crippen LogP) is 5.11. The minimum Gasteiger partial charge on any atom is -0.505 e. The summed E-state index contributed by atoms with van der Waals surface area (Å²) in [5.41, 5.74) is 3.97. The summed E-state index contributed by atoms with van der Waals surface area (Å²) in [6, 6.07) is 13.3. The van der Waals surface area contributed by atoms with Gasteiger partial charge in [0.25, 0.3) is 5.69 Å². The molecule has 1 aromatic heterocycles. The molecule has 0 radical (unpaired) electrons. The van der Waals surface area contributed by atoms with Crippen LogP contribution >= 0.6 is 11.6 Å². The molecular weight excluding hydrogens is 354 g/mol. The normalized spacial score (nSPS) is 11.2. The molecule has 0 spiro atoms. The smallest absolute Gasteiger partial charge is 0.273 e. The lowest BCUT2D eigenvalue weighted by Gasteiger charge is -2.09. The van der Waals surface area contributed by atoms with Crippen molar-refractivity contribution in [1.82, 2.24) is 4.57 Å². The van der Waals surface area contributed by atoms with Crippen LogP contribution in [0, 0.1) is 24.0 Å². The molecule has 1 heterocycles. The molecule has 2 aromatic carbocycles. The number of halogens is 1. The van der Waals surface area contributed by atoms with Gasteiger partial charge in [0, 0.05) is 39.9 Å². The van der Waals surface area contributed by atoms with E-state index in [2.05, 4.69) is 9.56 Å². The SMILES string of the molecule is Cc1cc(C=Nc2ccc([N+](=O)[O-])cc2O)c(C)n1-c1ccc(Cl)cc1. The van der Waals surface area contributed by atoms with Crippen LogP contribution in [0.3, 0.4) is 0 Å². The van der Waals surface area contributed by atoms with Gasteiger partial charge in [0.1, 0.15) is 11.4 Å². The Kier molecular flexibility index (Phi) is 4.77. The maximum Gasteiger partial charge on any atom is 0.273 e. The summed E-state index contributed by atoms with van der Waals surface area (Å²) >= 11 is 5.95. The number of phenols is 1. The molecule has 132 valence electrons. The number of non-ortho nitro benzene ring substituents is 1. The Morgan fingerprint density at radius 3 is 2.46 bits per heavy atom. The van der Waals surface area contributed by atoms with Gasteiger partial charge in [-0.2, -0.15) is 0 Å². The van der Waals surface area contributed by atoms with E-state index in [1.165, 1.54) is 12.1 Å². The number of aryl methyl sites for hydroxylation is 1. The molecule has 26 heavy (non-hydrogen) atoms. The Labute approximate surface area is 155 Å². The molecular formula is C19H16ClN3O3. The monoisotopic (exact) mass is 369 g/mol. The van der Waals surface area contributed by atoms with Crippen molar-refractivity contribution < 1.29 is 10.0 Å². The number of aliphatic imine (C=N–C) groups is 1. The number of nitro groups is 1. The molecule has 3 rings (SSSR count). The Hall–Kier alpha value is -3.12. The van der Waals surface area contributed by atoms with Gasteiger partial charge in [-0.15, -0.1) is 0 Å². The third-order valence-corrected chi connectivity index (χ3v) is 4.32. The van der Waals surface area contributed by atoms with E-state index in [1.807, 2.05) is 44.2 Å². The topological polar surface area (TPSA) is 80.7 Å². The summed E-state index contributed by atoms with van der Waals surface area (Å²) in [4.78, 5) is 14.4. The summed E-state index contributed by atoms with van der Waals surface area (Å²) in [7, 11) is 0. The first-order valence-corrected chi connectivity index (χ1v) is 8.21. The number of hydrogen-bond donors (Lipinski definition) is 1. The maximum atomic E-state index is 10.7. The van der Waals surface area contributed by atoms with Crippen molar-refractivity contribution in [3.05, 3.63) is 80.6 Å². The minimum atomic E-state index is -0.563. The summed E-state index contributed by atoms with van der Waals surface area (Å²) in [5.74, 6) is -0.234. The van der Waals surface area contributed by atoms with Gasteiger partial charge < -0.3 is 9.67 Å². The largest absolute Gasteiger partial charge is 0.505 e. The van der Waals surface area contributed by atoms with E-state index in [1.54, 1.807) is 6.21 Å². The fourth-order valence-corrected chi connectivity index (χ4v) is 2.91. The van der Waals surface area contributed by atoms with E-state index in [0.717, 1.165) is 28.7 Å². The van der Waals surface area contributed by atoms with E-state index in [4.69, 9.17) is 11.6 Å². The number of hydrogen-bond acceptors (Lipinski definition) is 4. The number of phenolic OH excluding ortho intramolecular Hbond substituents is 1. The highest BCUT2D eigenvalue weighted by atomic mass is 35.5. The van der Waals surface area contributed by atoms with Gasteiger partial charge >= 0.3 is 0 Å². The van der Waals surface area contributed by atoms with Crippen LogP contribution in [-0.4, -0.2) is 20.8 Å². The van der Waals surface area contributed by atoms with E-state index in [-0.39, 0.29) is 17.1 Å². The zero-order valence-corrected chi connectivity index (χ0v) is 14.9. The van der Waals surface area contributed by atoms with Crippen molar-refractivity contribution in [2.24, 2.45) is 4.99 Å². The summed E-state index contributed by atoms with van der Waals surface area (Å²) in [6.45, 7) is 3.96. The van der Waals surface area contributed by atoms with Crippen molar-refractivity contribution in [3.8, 4) is 11.4 Å². The fourth-order valence-electron chi connectivity index (χ4n) is 2.78. The average molecular weight is 370 g/mol. The molecule has 0 amide bonds. The fraction of sp³-hybridized carbons (Fsp3) is 0.105. The molecule has 3 aromatic rings. The van der Waals surface area contributed by atoms with Gasteiger partial charge in [-0.25, -0.2) is 0 Å². The van der Waals surface area contributed by atoms with Crippen LogP contribution in [0.15, 0.2) is 53.5 Å². The van der Waals surface area contributed by atoms with Crippen LogP contribution in [-0.2, 0) is 0 Å². The lowest BCUT2D eigenvalue weighted by molar-refractivity contribution is -0.384. The predicted molar refractivity (Wildman–Crippen MR) is 102 cm³/mol. The van der Waals surface area contributed by atoms with Crippen LogP contribution in [0.5, 0.6) is 5.75 Å². The molecule has 0 saturated carbocycles. The molecule has 0 aliphatic rings. The standard InChI is InChI=1S/C19H16ClN3O3/c1-12-9-14(13(2)22(12)16-5-3-15(20)4-6-16)11-21-18-8-7-17(23(25)26)10-19(18)24/h3-11,24H,1-2H3. The van der Waals surface area contributed by atoms with Gasteiger partial charge in [0.05, 0.1) is 11.0 Å². The number of nitro benzene ring substituents is 1. The number of benzene rings is 2. The second kappa shape index (κ2) is 7.01. The molecule has 6 nitrogen and oxygen atoms in total. The molecule has 7 heteroatoms. The Bertz CT molecular complexity index is 1010. The Morgan fingerprint density at radius 2 is 1.85 bits per heavy atom. The quantitative estimate of drug-likeness (QED) is 0.394. The van der Waals surface area contributed by atoms with Crippen molar-refractivity contribution in [2.45, 2.75) is 13.8 Å². The molecule has 0 aliphatic carbocycles. The Morgan fingerprint density at radius 1 is 1.15 bits per heavy atom. The molecule has 0 unspecified atom stereocenters. The van der Waals surface area contributed by atoms with E-state index < -0.39 is 4.92 Å². The highest BCUT2D eigenvalue weighted by Crippen LogP contribution is 2.30. The van der Waals surface area contributed by atoms with E-state index >= 15 is 0 Å². The highest BCUT2D eigenvalue weighted by Gasteiger charge is 2.11. The molecule has 0 saturated heterocycles. The number of aromatic hydroxyl groups is 1. The highest BCUT2D eigenvalue weighted by molar-refractivity contribution is 6.30. The van der Waals surface area contributed by atoms with Crippen LogP contribution in [0.4, 0.5) is 11.4 Å². The van der Waals surface area contributed by atoms with Crippen molar-refractivity contribution >= 4 is 29.2 Å². The first-order chi connectivity index (χ1) is 12.4. The van der Waals surface area contributed by atoms with Gasteiger partial charge in [-0.1, -0.05) is 11.6 Å². The van der Waals surface area contributed by atoms with Gasteiger partial charge in [0.15, 0.2) is 0 Å². The van der Waals surface area contributed by atoms with Gasteiger partial charge in [-0.3, -0.25) is 15.1 Å². The zero-order chi connectivity index (χ0) is 18.8. The second-order valence-corrected chi connectivity index (χ2v) is 6.26. The van der Waals surface area contributed by atoms with Crippen molar-refractivity contribution in [3.63, 3.8) is 0 Å². The molecule has 0 fully saturated rings. The minimum absolute atomic E-state index is 0.178. The third kappa shape index (κ3) is 3.45. The average Bonchev–Trinajstić information content (AvgIpc) is 2.88. The van der Waals surface area contributed by atoms with Gasteiger partial charge in [0.2, 0.25) is 0 Å². The van der Waals surface area contributed by atoms with Crippen molar-refractivity contribution in [2.75, 3.05) is 0 Å². The summed E-state index contributed by atoms with van der Waals surface area (Å²) < 4.78 is 2.08. The Balaban J connectivity index is 1.94. The first kappa shape index (κ1) is 17.7. The number of rotatable bonds is 4. The van der Waals surface area contributed by atoms with Crippen molar-refractivity contribution in [1.29, 1.82) is 0 Å². The second-order valence-electron chi connectivity index (χ2n) is 5.83. The molecule has 0 bridgehead atoms. The van der Waals surface area contributed by atoms with E-state index in [0.29, 0.717) is 5.02 Å². The number of aromatic nitrogens is 1. The maximum absolute atomic E-state index is 10.7. The molecule has 0 atom stereocenters. The summed E-state index contributed by atoms with van der Waals surface area (Å²) in [6.07, 6.45) is 1.63. The van der Waals surface area contributed by atoms with Gasteiger partial charge in [-0.05, 0) is 50.2 Å². The molecule has 0 aliphatic heterocycles. The zero-order valence-electron chi connectivity index (χ0n) is 14.2. The first-order valence-electron chi connectivity index (χ1n) is 7.83. The summed E-state index contributed by atoms with van der Waals surface area (Å²) in [5, 5.41) is 21.3. The molecule has 1 N–H and O–H groups in total. The van der Waals surface area contributed by atoms with E-state index in [9.17, 15) is 15.2 Å².